The van der Waals surface area contributed by atoms with Crippen LogP contribution in [-0.4, -0.2) is 27.7 Å². The maximum atomic E-state index is 13.4. The summed E-state index contributed by atoms with van der Waals surface area (Å²) < 4.78 is 26.4. The summed E-state index contributed by atoms with van der Waals surface area (Å²) in [5.41, 5.74) is 0.617. The van der Waals surface area contributed by atoms with Crippen molar-refractivity contribution < 1.29 is 13.9 Å². The van der Waals surface area contributed by atoms with Crippen LogP contribution in [0.4, 0.5) is 14.6 Å². The summed E-state index contributed by atoms with van der Waals surface area (Å²) in [6, 6.07) is 3.56. The van der Waals surface area contributed by atoms with Crippen LogP contribution in [0.25, 0.3) is 0 Å². The van der Waals surface area contributed by atoms with Crippen molar-refractivity contribution in [3.63, 3.8) is 0 Å². The first kappa shape index (κ1) is 12.9. The van der Waals surface area contributed by atoms with Crippen molar-refractivity contribution in [2.24, 2.45) is 0 Å². The van der Waals surface area contributed by atoms with E-state index in [0.29, 0.717) is 24.3 Å². The number of benzene rings is 1. The highest BCUT2D eigenvalue weighted by Gasteiger charge is 2.33. The first-order valence-corrected chi connectivity index (χ1v) is 6.31. The highest BCUT2D eigenvalue weighted by Crippen LogP contribution is 2.35. The summed E-state index contributed by atoms with van der Waals surface area (Å²) in [6.45, 7) is 0.391. The molecule has 1 aliphatic heterocycles. The van der Waals surface area contributed by atoms with Crippen LogP contribution in [0.3, 0.4) is 0 Å². The predicted octanol–water partition coefficient (Wildman–Crippen LogP) is 2.07. The minimum absolute atomic E-state index is 0.239. The van der Waals surface area contributed by atoms with Crippen molar-refractivity contribution in [2.45, 2.75) is 18.6 Å². The molecule has 1 saturated heterocycles. The fraction of sp³-hybridized carbons (Fsp3) is 0.286. The molecular formula is C14H13F2N3O. The van der Waals surface area contributed by atoms with E-state index < -0.39 is 17.7 Å². The third kappa shape index (κ3) is 2.34. The van der Waals surface area contributed by atoms with E-state index in [1.54, 1.807) is 18.6 Å². The minimum Gasteiger partial charge on any atom is -0.391 e. The second kappa shape index (κ2) is 5.13. The first-order chi connectivity index (χ1) is 9.65. The smallest absolute Gasteiger partial charge is 0.159 e. The average molecular weight is 277 g/mol. The summed E-state index contributed by atoms with van der Waals surface area (Å²) in [5, 5.41) is 9.86. The van der Waals surface area contributed by atoms with Gasteiger partial charge in [-0.25, -0.2) is 13.8 Å². The number of halogens is 2. The van der Waals surface area contributed by atoms with Gasteiger partial charge in [0.05, 0.1) is 18.3 Å². The molecule has 4 nitrogen and oxygen atoms in total. The number of hydrogen-bond acceptors (Lipinski definition) is 4. The average Bonchev–Trinajstić information content (AvgIpc) is 2.85. The van der Waals surface area contributed by atoms with Crippen molar-refractivity contribution in [1.82, 2.24) is 9.97 Å². The zero-order valence-corrected chi connectivity index (χ0v) is 10.6. The summed E-state index contributed by atoms with van der Waals surface area (Å²) in [7, 11) is 0. The van der Waals surface area contributed by atoms with E-state index >= 15 is 0 Å². The Morgan fingerprint density at radius 2 is 2.05 bits per heavy atom. The van der Waals surface area contributed by atoms with E-state index in [0.717, 1.165) is 6.07 Å². The third-order valence-corrected chi connectivity index (χ3v) is 3.45. The summed E-state index contributed by atoms with van der Waals surface area (Å²) in [6.07, 6.45) is 4.62. The largest absolute Gasteiger partial charge is 0.391 e. The van der Waals surface area contributed by atoms with Crippen LogP contribution in [0.15, 0.2) is 36.8 Å². The number of aliphatic hydroxyl groups excluding tert-OH is 1. The van der Waals surface area contributed by atoms with Gasteiger partial charge >= 0.3 is 0 Å². The number of anilines is 1. The van der Waals surface area contributed by atoms with Gasteiger partial charge < -0.3 is 10.0 Å². The van der Waals surface area contributed by atoms with E-state index in [-0.39, 0.29) is 6.04 Å². The molecule has 3 rings (SSSR count). The molecule has 1 aliphatic rings. The van der Waals surface area contributed by atoms with Gasteiger partial charge in [0.25, 0.3) is 0 Å². The molecule has 0 unspecified atom stereocenters. The maximum absolute atomic E-state index is 13.4. The van der Waals surface area contributed by atoms with Crippen LogP contribution in [-0.2, 0) is 0 Å². The van der Waals surface area contributed by atoms with Gasteiger partial charge in [-0.1, -0.05) is 6.07 Å². The fourth-order valence-electron chi connectivity index (χ4n) is 2.54. The van der Waals surface area contributed by atoms with E-state index in [1.807, 2.05) is 4.90 Å². The number of rotatable bonds is 2. The molecule has 1 fully saturated rings. The first-order valence-electron chi connectivity index (χ1n) is 6.31. The van der Waals surface area contributed by atoms with Crippen molar-refractivity contribution in [3.05, 3.63) is 54.0 Å². The lowest BCUT2D eigenvalue weighted by Crippen LogP contribution is -2.25. The van der Waals surface area contributed by atoms with Crippen LogP contribution >= 0.6 is 0 Å². The number of aromatic nitrogens is 2. The van der Waals surface area contributed by atoms with Gasteiger partial charge in [-0.2, -0.15) is 0 Å². The van der Waals surface area contributed by atoms with E-state index in [1.165, 1.54) is 12.1 Å². The predicted molar refractivity (Wildman–Crippen MR) is 69.1 cm³/mol. The van der Waals surface area contributed by atoms with Crippen LogP contribution in [0.5, 0.6) is 0 Å². The van der Waals surface area contributed by atoms with Gasteiger partial charge in [0.2, 0.25) is 0 Å². The molecule has 2 heterocycles. The Kier molecular flexibility index (Phi) is 3.31. The standard InChI is InChI=1S/C14H13F2N3O/c15-11-2-1-9(5-12(11)16)13-6-10(20)8-19(13)14-7-17-3-4-18-14/h1-5,7,10,13,20H,6,8H2/t10-,13+/m1/s1. The Morgan fingerprint density at radius 1 is 1.20 bits per heavy atom. The molecule has 1 aromatic heterocycles. The van der Waals surface area contributed by atoms with Gasteiger partial charge in [-0.15, -0.1) is 0 Å². The molecule has 2 aromatic rings. The molecular weight excluding hydrogens is 264 g/mol. The number of β-amino-alcohol motifs (C(OH)–C–C–N with tert-alkyl or cyclic N) is 1. The Morgan fingerprint density at radius 3 is 2.75 bits per heavy atom. The molecule has 2 atom stereocenters. The lowest BCUT2D eigenvalue weighted by Gasteiger charge is -2.25. The third-order valence-electron chi connectivity index (χ3n) is 3.45. The van der Waals surface area contributed by atoms with Crippen molar-refractivity contribution in [1.29, 1.82) is 0 Å². The lowest BCUT2D eigenvalue weighted by atomic mass is 10.0. The zero-order valence-electron chi connectivity index (χ0n) is 10.6. The SMILES string of the molecule is O[C@@H]1C[C@@H](c2ccc(F)c(F)c2)N(c2cnccn2)C1. The van der Waals surface area contributed by atoms with Crippen molar-refractivity contribution in [2.75, 3.05) is 11.4 Å². The number of hydrogen-bond donors (Lipinski definition) is 1. The molecule has 0 spiro atoms. The molecule has 104 valence electrons. The van der Waals surface area contributed by atoms with Crippen LogP contribution in [0.1, 0.15) is 18.0 Å². The Bertz CT molecular complexity index is 609. The molecule has 1 N–H and O–H groups in total. The maximum Gasteiger partial charge on any atom is 0.159 e. The normalized spacial score (nSPS) is 22.2. The molecule has 0 saturated carbocycles. The van der Waals surface area contributed by atoms with E-state index in [2.05, 4.69) is 9.97 Å². The summed E-state index contributed by atoms with van der Waals surface area (Å²) >= 11 is 0. The second-order valence-electron chi connectivity index (χ2n) is 4.79. The van der Waals surface area contributed by atoms with Crippen molar-refractivity contribution >= 4 is 5.82 Å². The summed E-state index contributed by atoms with van der Waals surface area (Å²) in [4.78, 5) is 10.0. The van der Waals surface area contributed by atoms with Crippen molar-refractivity contribution in [3.8, 4) is 0 Å². The van der Waals surface area contributed by atoms with Gasteiger partial charge in [0.15, 0.2) is 11.6 Å². The van der Waals surface area contributed by atoms with Gasteiger partial charge in [0.1, 0.15) is 5.82 Å². The quantitative estimate of drug-likeness (QED) is 0.913. The highest BCUT2D eigenvalue weighted by atomic mass is 19.2. The molecule has 0 bridgehead atoms. The lowest BCUT2D eigenvalue weighted by molar-refractivity contribution is 0.194. The second-order valence-corrected chi connectivity index (χ2v) is 4.79. The molecule has 0 aliphatic carbocycles. The fourth-order valence-corrected chi connectivity index (χ4v) is 2.54. The molecule has 20 heavy (non-hydrogen) atoms. The van der Waals surface area contributed by atoms with Gasteiger partial charge in [-0.3, -0.25) is 4.98 Å². The monoisotopic (exact) mass is 277 g/mol. The molecule has 1 aromatic carbocycles. The Balaban J connectivity index is 1.96. The highest BCUT2D eigenvalue weighted by molar-refractivity contribution is 5.43. The topological polar surface area (TPSA) is 49.2 Å². The number of aliphatic hydroxyl groups is 1. The molecule has 0 amide bonds. The Labute approximate surface area is 114 Å². The van der Waals surface area contributed by atoms with Crippen LogP contribution < -0.4 is 4.90 Å². The van der Waals surface area contributed by atoms with Crippen LogP contribution in [0.2, 0.25) is 0 Å². The zero-order chi connectivity index (χ0) is 14.1. The Hall–Kier alpha value is -2.08. The molecule has 6 heteroatoms. The van der Waals surface area contributed by atoms with E-state index in [9.17, 15) is 13.9 Å². The minimum atomic E-state index is -0.886. The molecule has 0 radical (unpaired) electrons. The van der Waals surface area contributed by atoms with E-state index in [4.69, 9.17) is 0 Å². The van der Waals surface area contributed by atoms with Gasteiger partial charge in [-0.05, 0) is 24.1 Å². The summed E-state index contributed by atoms with van der Waals surface area (Å²) in [5.74, 6) is -1.15. The van der Waals surface area contributed by atoms with Crippen LogP contribution in [0, 0.1) is 11.6 Å². The van der Waals surface area contributed by atoms with Gasteiger partial charge in [0, 0.05) is 18.9 Å². The number of nitrogens with zero attached hydrogens (tertiary/aromatic N) is 3.